The van der Waals surface area contributed by atoms with Gasteiger partial charge >= 0.3 is 0 Å². The Labute approximate surface area is 112 Å². The fourth-order valence-corrected chi connectivity index (χ4v) is 2.56. The van der Waals surface area contributed by atoms with Gasteiger partial charge in [0.15, 0.2) is 0 Å². The maximum Gasteiger partial charge on any atom is 0.119 e. The molecule has 0 aliphatic rings. The van der Waals surface area contributed by atoms with Gasteiger partial charge in [-0.25, -0.2) is 4.98 Å². The van der Waals surface area contributed by atoms with E-state index in [1.54, 1.807) is 11.3 Å². The first kappa shape index (κ1) is 13.1. The van der Waals surface area contributed by atoms with Crippen LogP contribution in [0.25, 0.3) is 10.4 Å². The summed E-state index contributed by atoms with van der Waals surface area (Å²) in [5.41, 5.74) is 6.71. The minimum Gasteiger partial charge on any atom is -0.494 e. The van der Waals surface area contributed by atoms with E-state index in [2.05, 4.69) is 24.0 Å². The first-order valence-corrected chi connectivity index (χ1v) is 7.03. The van der Waals surface area contributed by atoms with Gasteiger partial charge in [0.2, 0.25) is 0 Å². The average Bonchev–Trinajstić information content (AvgIpc) is 2.86. The number of ether oxygens (including phenoxy) is 1. The molecule has 0 unspecified atom stereocenters. The molecule has 4 heteroatoms. The number of benzene rings is 1. The van der Waals surface area contributed by atoms with Crippen LogP contribution >= 0.6 is 11.3 Å². The van der Waals surface area contributed by atoms with Crippen molar-refractivity contribution >= 4 is 11.3 Å². The predicted molar refractivity (Wildman–Crippen MR) is 76.1 cm³/mol. The number of rotatable bonds is 6. The number of hydrogen-bond acceptors (Lipinski definition) is 4. The number of hydrogen-bond donors (Lipinski definition) is 1. The topological polar surface area (TPSA) is 48.1 Å². The van der Waals surface area contributed by atoms with Crippen molar-refractivity contribution in [2.45, 2.75) is 19.8 Å². The zero-order valence-corrected chi connectivity index (χ0v) is 11.4. The second-order valence-electron chi connectivity index (χ2n) is 4.03. The van der Waals surface area contributed by atoms with Crippen LogP contribution in [-0.2, 0) is 6.42 Å². The Morgan fingerprint density at radius 2 is 2.06 bits per heavy atom. The summed E-state index contributed by atoms with van der Waals surface area (Å²) in [6, 6.07) is 8.16. The van der Waals surface area contributed by atoms with Gasteiger partial charge in [-0.05, 0) is 42.8 Å². The molecule has 0 saturated carbocycles. The van der Waals surface area contributed by atoms with Crippen LogP contribution in [-0.4, -0.2) is 18.1 Å². The Hall–Kier alpha value is -1.39. The van der Waals surface area contributed by atoms with Crippen LogP contribution in [0.4, 0.5) is 0 Å². The summed E-state index contributed by atoms with van der Waals surface area (Å²) in [5.74, 6) is 0.923. The van der Waals surface area contributed by atoms with Crippen molar-refractivity contribution in [2.75, 3.05) is 13.2 Å². The summed E-state index contributed by atoms with van der Waals surface area (Å²) >= 11 is 1.70. The van der Waals surface area contributed by atoms with Crippen LogP contribution in [0.15, 0.2) is 30.5 Å². The highest BCUT2D eigenvalue weighted by atomic mass is 32.1. The SMILES string of the molecule is CCCOc1ccc(-c2cnc(CCN)s2)cc1. The lowest BCUT2D eigenvalue weighted by Crippen LogP contribution is -2.01. The molecule has 0 fully saturated rings. The Morgan fingerprint density at radius 1 is 1.28 bits per heavy atom. The van der Waals surface area contributed by atoms with E-state index in [0.29, 0.717) is 6.54 Å². The molecule has 0 spiro atoms. The van der Waals surface area contributed by atoms with Crippen LogP contribution < -0.4 is 10.5 Å². The Kier molecular flexibility index (Phi) is 4.73. The third kappa shape index (κ3) is 3.31. The zero-order valence-electron chi connectivity index (χ0n) is 10.6. The molecule has 3 nitrogen and oxygen atoms in total. The molecule has 2 N–H and O–H groups in total. The highest BCUT2D eigenvalue weighted by Gasteiger charge is 2.04. The molecule has 2 rings (SSSR count). The second-order valence-corrected chi connectivity index (χ2v) is 5.14. The van der Waals surface area contributed by atoms with Gasteiger partial charge in [-0.2, -0.15) is 0 Å². The summed E-state index contributed by atoms with van der Waals surface area (Å²) in [6.45, 7) is 3.52. The van der Waals surface area contributed by atoms with E-state index in [-0.39, 0.29) is 0 Å². The first-order valence-electron chi connectivity index (χ1n) is 6.21. The Bertz CT molecular complexity index is 479. The molecule has 0 radical (unpaired) electrons. The Morgan fingerprint density at radius 3 is 2.72 bits per heavy atom. The maximum absolute atomic E-state index is 5.56. The molecule has 0 atom stereocenters. The van der Waals surface area contributed by atoms with Gasteiger partial charge in [0.25, 0.3) is 0 Å². The molecule has 1 heterocycles. The van der Waals surface area contributed by atoms with E-state index in [4.69, 9.17) is 10.5 Å². The molecule has 0 amide bonds. The Balaban J connectivity index is 2.07. The van der Waals surface area contributed by atoms with E-state index in [0.717, 1.165) is 30.2 Å². The summed E-state index contributed by atoms with van der Waals surface area (Å²) < 4.78 is 5.56. The van der Waals surface area contributed by atoms with Gasteiger partial charge < -0.3 is 10.5 Å². The van der Waals surface area contributed by atoms with Gasteiger partial charge in [0.05, 0.1) is 16.5 Å². The molecule has 0 saturated heterocycles. The summed E-state index contributed by atoms with van der Waals surface area (Å²) in [6.07, 6.45) is 3.79. The minimum atomic E-state index is 0.650. The molecule has 2 aromatic rings. The summed E-state index contributed by atoms with van der Waals surface area (Å²) in [7, 11) is 0. The zero-order chi connectivity index (χ0) is 12.8. The summed E-state index contributed by atoms with van der Waals surface area (Å²) in [5, 5.41) is 1.10. The van der Waals surface area contributed by atoms with Crippen molar-refractivity contribution < 1.29 is 4.74 Å². The minimum absolute atomic E-state index is 0.650. The van der Waals surface area contributed by atoms with E-state index in [1.165, 1.54) is 10.4 Å². The quantitative estimate of drug-likeness (QED) is 0.870. The predicted octanol–water partition coefficient (Wildman–Crippen LogP) is 3.10. The van der Waals surface area contributed by atoms with Gasteiger partial charge in [-0.3, -0.25) is 0 Å². The van der Waals surface area contributed by atoms with Gasteiger partial charge in [0, 0.05) is 12.6 Å². The summed E-state index contributed by atoms with van der Waals surface area (Å²) in [4.78, 5) is 5.54. The van der Waals surface area contributed by atoms with Crippen LogP contribution in [0.1, 0.15) is 18.4 Å². The van der Waals surface area contributed by atoms with Crippen LogP contribution in [0.3, 0.4) is 0 Å². The fourth-order valence-electron chi connectivity index (χ4n) is 1.62. The average molecular weight is 262 g/mol. The van der Waals surface area contributed by atoms with Gasteiger partial charge in [-0.1, -0.05) is 6.92 Å². The van der Waals surface area contributed by atoms with Crippen molar-refractivity contribution in [3.8, 4) is 16.2 Å². The molecular formula is C14H18N2OS. The standard InChI is InChI=1S/C14H18N2OS/c1-2-9-17-12-5-3-11(4-6-12)13-10-16-14(18-13)7-8-15/h3-6,10H,2,7-9,15H2,1H3. The third-order valence-corrected chi connectivity index (χ3v) is 3.63. The lowest BCUT2D eigenvalue weighted by atomic mass is 10.2. The van der Waals surface area contributed by atoms with E-state index < -0.39 is 0 Å². The van der Waals surface area contributed by atoms with Gasteiger partial charge in [-0.15, -0.1) is 11.3 Å². The van der Waals surface area contributed by atoms with Crippen molar-refractivity contribution in [2.24, 2.45) is 5.73 Å². The first-order chi connectivity index (χ1) is 8.83. The van der Waals surface area contributed by atoms with Crippen LogP contribution in [0, 0.1) is 0 Å². The molecule has 18 heavy (non-hydrogen) atoms. The normalized spacial score (nSPS) is 10.6. The lowest BCUT2D eigenvalue weighted by molar-refractivity contribution is 0.317. The molecule has 96 valence electrons. The monoisotopic (exact) mass is 262 g/mol. The smallest absolute Gasteiger partial charge is 0.119 e. The largest absolute Gasteiger partial charge is 0.494 e. The molecule has 1 aromatic heterocycles. The number of thiazole rings is 1. The molecule has 0 aliphatic carbocycles. The third-order valence-electron chi connectivity index (χ3n) is 2.52. The van der Waals surface area contributed by atoms with Crippen molar-refractivity contribution in [1.82, 2.24) is 4.98 Å². The number of aromatic nitrogens is 1. The van der Waals surface area contributed by atoms with E-state index in [9.17, 15) is 0 Å². The maximum atomic E-state index is 5.56. The molecule has 0 bridgehead atoms. The van der Waals surface area contributed by atoms with Crippen LogP contribution in [0.2, 0.25) is 0 Å². The molecular weight excluding hydrogens is 244 g/mol. The van der Waals surface area contributed by atoms with E-state index in [1.807, 2.05) is 18.3 Å². The fraction of sp³-hybridized carbons (Fsp3) is 0.357. The highest BCUT2D eigenvalue weighted by Crippen LogP contribution is 2.27. The number of nitrogens with zero attached hydrogens (tertiary/aromatic N) is 1. The van der Waals surface area contributed by atoms with Gasteiger partial charge in [0.1, 0.15) is 5.75 Å². The number of nitrogens with two attached hydrogens (primary N) is 1. The molecule has 1 aromatic carbocycles. The second kappa shape index (κ2) is 6.52. The van der Waals surface area contributed by atoms with Crippen molar-refractivity contribution in [1.29, 1.82) is 0 Å². The lowest BCUT2D eigenvalue weighted by Gasteiger charge is -2.04. The highest BCUT2D eigenvalue weighted by molar-refractivity contribution is 7.15. The van der Waals surface area contributed by atoms with Crippen LogP contribution in [0.5, 0.6) is 5.75 Å². The molecule has 0 aliphatic heterocycles. The van der Waals surface area contributed by atoms with Crippen molar-refractivity contribution in [3.63, 3.8) is 0 Å². The van der Waals surface area contributed by atoms with E-state index >= 15 is 0 Å². The van der Waals surface area contributed by atoms with Crippen molar-refractivity contribution in [3.05, 3.63) is 35.5 Å².